The first-order valence-electron chi connectivity index (χ1n) is 9.60. The van der Waals surface area contributed by atoms with E-state index < -0.39 is 0 Å². The lowest BCUT2D eigenvalue weighted by Gasteiger charge is -2.38. The third-order valence-corrected chi connectivity index (χ3v) is 5.82. The number of methoxy groups -OCH3 is 2. The van der Waals surface area contributed by atoms with Gasteiger partial charge in [-0.3, -0.25) is 14.5 Å². The maximum absolute atomic E-state index is 13.3. The van der Waals surface area contributed by atoms with Gasteiger partial charge in [0, 0.05) is 46.3 Å². The molecule has 2 aromatic carbocycles. The molecule has 0 bridgehead atoms. The number of carbonyl (C=O) groups excluding carboxylic acids is 2. The number of hydrogen-bond donors (Lipinski definition) is 0. The molecule has 5 nitrogen and oxygen atoms in total. The molecule has 0 spiro atoms. The van der Waals surface area contributed by atoms with Crippen LogP contribution >= 0.6 is 11.6 Å². The van der Waals surface area contributed by atoms with E-state index in [4.69, 9.17) is 21.1 Å². The minimum Gasteiger partial charge on any atom is -0.497 e. The van der Waals surface area contributed by atoms with Crippen LogP contribution in [0.15, 0.2) is 53.7 Å². The van der Waals surface area contributed by atoms with E-state index in [9.17, 15) is 9.59 Å². The predicted octanol–water partition coefficient (Wildman–Crippen LogP) is 4.88. The van der Waals surface area contributed by atoms with Gasteiger partial charge < -0.3 is 9.47 Å². The Balaban J connectivity index is 1.88. The highest BCUT2D eigenvalue weighted by Crippen LogP contribution is 2.46. The highest BCUT2D eigenvalue weighted by atomic mass is 35.5. The fourth-order valence-corrected chi connectivity index (χ4v) is 4.39. The van der Waals surface area contributed by atoms with Gasteiger partial charge in [0.2, 0.25) is 5.91 Å². The van der Waals surface area contributed by atoms with Gasteiger partial charge in [0.15, 0.2) is 5.78 Å². The molecule has 150 valence electrons. The van der Waals surface area contributed by atoms with E-state index in [2.05, 4.69) is 0 Å². The molecule has 2 aromatic rings. The monoisotopic (exact) mass is 411 g/mol. The van der Waals surface area contributed by atoms with E-state index in [0.29, 0.717) is 34.9 Å². The van der Waals surface area contributed by atoms with Gasteiger partial charge in [0.05, 0.1) is 14.2 Å². The molecule has 0 aromatic heterocycles. The molecule has 4 rings (SSSR count). The van der Waals surface area contributed by atoms with Crippen LogP contribution in [-0.2, 0) is 9.59 Å². The maximum Gasteiger partial charge on any atom is 0.232 e. The summed E-state index contributed by atoms with van der Waals surface area (Å²) in [5.74, 6) is 1.01. The zero-order valence-corrected chi connectivity index (χ0v) is 17.2. The molecular formula is C23H22ClNO4. The average Bonchev–Trinajstić information content (AvgIpc) is 2.73. The van der Waals surface area contributed by atoms with Crippen LogP contribution < -0.4 is 14.4 Å². The standard InChI is InChI=1S/C23H22ClNO4/c1-28-16-10-11-21(29-2)17(12-16)18-13-22(27)25(15-8-6-14(24)7-9-15)19-4-3-5-20(26)23(18)19/h6-12,18H,3-5,13H2,1-2H3/t18-/m0/s1. The van der Waals surface area contributed by atoms with Crippen molar-refractivity contribution in [3.8, 4) is 11.5 Å². The number of hydrogen-bond acceptors (Lipinski definition) is 4. The highest BCUT2D eigenvalue weighted by molar-refractivity contribution is 6.30. The number of halogens is 1. The quantitative estimate of drug-likeness (QED) is 0.719. The normalized spacial score (nSPS) is 19.3. The van der Waals surface area contributed by atoms with Crippen molar-refractivity contribution in [2.75, 3.05) is 19.1 Å². The van der Waals surface area contributed by atoms with Crippen LogP contribution in [0, 0.1) is 0 Å². The van der Waals surface area contributed by atoms with Gasteiger partial charge in [-0.25, -0.2) is 0 Å². The lowest BCUT2D eigenvalue weighted by Crippen LogP contribution is -2.40. The average molecular weight is 412 g/mol. The van der Waals surface area contributed by atoms with Crippen LogP contribution in [-0.4, -0.2) is 25.9 Å². The summed E-state index contributed by atoms with van der Waals surface area (Å²) >= 11 is 6.02. The van der Waals surface area contributed by atoms with Gasteiger partial charge >= 0.3 is 0 Å². The molecule has 0 radical (unpaired) electrons. The van der Waals surface area contributed by atoms with Gasteiger partial charge in [-0.15, -0.1) is 0 Å². The SMILES string of the molecule is COc1ccc(OC)c([C@@H]2CC(=O)N(c3ccc(Cl)cc3)C3=C2C(=O)CCC3)c1. The molecule has 1 aliphatic carbocycles. The van der Waals surface area contributed by atoms with E-state index >= 15 is 0 Å². The zero-order valence-electron chi connectivity index (χ0n) is 16.4. The van der Waals surface area contributed by atoms with E-state index in [1.54, 1.807) is 31.3 Å². The number of nitrogens with zero attached hydrogens (tertiary/aromatic N) is 1. The smallest absolute Gasteiger partial charge is 0.232 e. The Morgan fingerprint density at radius 1 is 1.00 bits per heavy atom. The molecule has 0 saturated carbocycles. The molecule has 0 fully saturated rings. The number of allylic oxidation sites excluding steroid dienone is 2. The number of carbonyl (C=O) groups is 2. The van der Waals surface area contributed by atoms with Gasteiger partial charge in [-0.1, -0.05) is 11.6 Å². The Bertz CT molecular complexity index is 996. The van der Waals surface area contributed by atoms with E-state index in [1.807, 2.05) is 30.3 Å². The van der Waals surface area contributed by atoms with Gasteiger partial charge in [0.25, 0.3) is 0 Å². The molecule has 1 atom stereocenters. The van der Waals surface area contributed by atoms with Crippen LogP contribution in [0.3, 0.4) is 0 Å². The van der Waals surface area contributed by atoms with Gasteiger partial charge in [-0.05, 0) is 55.3 Å². The van der Waals surface area contributed by atoms with Gasteiger partial charge in [0.1, 0.15) is 11.5 Å². The highest BCUT2D eigenvalue weighted by Gasteiger charge is 2.40. The number of Topliss-reactive ketones (excluding diaryl/α,β-unsaturated/α-hetero) is 1. The van der Waals surface area contributed by atoms with Crippen molar-refractivity contribution in [2.24, 2.45) is 0 Å². The third-order valence-electron chi connectivity index (χ3n) is 5.57. The minimum absolute atomic E-state index is 0.0457. The summed E-state index contributed by atoms with van der Waals surface area (Å²) in [7, 11) is 3.18. The number of rotatable bonds is 4. The second kappa shape index (κ2) is 7.91. The summed E-state index contributed by atoms with van der Waals surface area (Å²) in [5, 5.41) is 0.603. The zero-order chi connectivity index (χ0) is 20.5. The molecule has 0 unspecified atom stereocenters. The third kappa shape index (κ3) is 3.51. The summed E-state index contributed by atoms with van der Waals surface area (Å²) in [6, 6.07) is 12.6. The number of anilines is 1. The summed E-state index contributed by atoms with van der Waals surface area (Å²) < 4.78 is 10.9. The number of amides is 1. The molecule has 6 heteroatoms. The summed E-state index contributed by atoms with van der Waals surface area (Å²) in [6.45, 7) is 0. The molecule has 1 aliphatic heterocycles. The molecule has 0 saturated heterocycles. The Labute approximate surface area is 174 Å². The Morgan fingerprint density at radius 2 is 1.76 bits per heavy atom. The molecule has 1 amide bonds. The largest absolute Gasteiger partial charge is 0.497 e. The first-order chi connectivity index (χ1) is 14.0. The first kappa shape index (κ1) is 19.5. The molecule has 2 aliphatic rings. The number of ether oxygens (including phenoxy) is 2. The minimum atomic E-state index is -0.348. The van der Waals surface area contributed by atoms with Crippen molar-refractivity contribution < 1.29 is 19.1 Å². The van der Waals surface area contributed by atoms with Crippen molar-refractivity contribution in [1.82, 2.24) is 0 Å². The first-order valence-corrected chi connectivity index (χ1v) is 9.98. The van der Waals surface area contributed by atoms with Crippen LogP contribution in [0.2, 0.25) is 5.02 Å². The second-order valence-corrected chi connectivity index (χ2v) is 7.64. The fourth-order valence-electron chi connectivity index (χ4n) is 4.26. The lowest BCUT2D eigenvalue weighted by atomic mass is 9.76. The summed E-state index contributed by atoms with van der Waals surface area (Å²) in [6.07, 6.45) is 2.09. The van der Waals surface area contributed by atoms with Crippen LogP contribution in [0.5, 0.6) is 11.5 Å². The van der Waals surface area contributed by atoms with Crippen molar-refractivity contribution in [3.05, 3.63) is 64.3 Å². The molecule has 1 heterocycles. The van der Waals surface area contributed by atoms with Crippen molar-refractivity contribution in [2.45, 2.75) is 31.6 Å². The molecule has 0 N–H and O–H groups in total. The predicted molar refractivity (Wildman–Crippen MR) is 112 cm³/mol. The van der Waals surface area contributed by atoms with Crippen molar-refractivity contribution in [1.29, 1.82) is 0 Å². The van der Waals surface area contributed by atoms with Crippen LogP contribution in [0.1, 0.15) is 37.2 Å². The maximum atomic E-state index is 13.3. The van der Waals surface area contributed by atoms with E-state index in [0.717, 1.165) is 23.4 Å². The number of ketones is 1. The molecular weight excluding hydrogens is 390 g/mol. The van der Waals surface area contributed by atoms with Crippen molar-refractivity contribution >= 4 is 29.0 Å². The van der Waals surface area contributed by atoms with E-state index in [1.165, 1.54) is 0 Å². The molecule has 29 heavy (non-hydrogen) atoms. The Morgan fingerprint density at radius 3 is 2.45 bits per heavy atom. The number of benzene rings is 2. The Kier molecular flexibility index (Phi) is 5.33. The summed E-state index contributed by atoms with van der Waals surface area (Å²) in [5.41, 5.74) is 3.03. The topological polar surface area (TPSA) is 55.8 Å². The Hall–Kier alpha value is -2.79. The second-order valence-electron chi connectivity index (χ2n) is 7.21. The lowest BCUT2D eigenvalue weighted by molar-refractivity contribution is -0.119. The van der Waals surface area contributed by atoms with Gasteiger partial charge in [-0.2, -0.15) is 0 Å². The van der Waals surface area contributed by atoms with Crippen molar-refractivity contribution in [3.63, 3.8) is 0 Å². The van der Waals surface area contributed by atoms with E-state index in [-0.39, 0.29) is 24.0 Å². The van der Waals surface area contributed by atoms with Crippen LogP contribution in [0.4, 0.5) is 5.69 Å². The summed E-state index contributed by atoms with van der Waals surface area (Å²) in [4.78, 5) is 28.0. The fraction of sp³-hybridized carbons (Fsp3) is 0.304. The van der Waals surface area contributed by atoms with Crippen LogP contribution in [0.25, 0.3) is 0 Å².